The van der Waals surface area contributed by atoms with E-state index in [4.69, 9.17) is 4.74 Å². The SMILES string of the molecule is Cc1cc(-c2nn3c(c2NC(=O)CS(C)(=O)=O)C(=O)N[C@@]2(CCc4cc(OCC(F)(F)F)ccc42)C3)ccc1F. The molecule has 0 saturated heterocycles. The fourth-order valence-electron chi connectivity index (χ4n) is 5.18. The number of nitrogens with zero attached hydrogens (tertiary/aromatic N) is 2. The Kier molecular flexibility index (Phi) is 6.63. The number of aromatic nitrogens is 2. The van der Waals surface area contributed by atoms with Gasteiger partial charge in [-0.1, -0.05) is 6.07 Å². The van der Waals surface area contributed by atoms with Crippen molar-refractivity contribution in [2.24, 2.45) is 0 Å². The molecule has 0 bridgehead atoms. The number of rotatable bonds is 6. The molecule has 0 radical (unpaired) electrons. The molecule has 2 amide bonds. The average Bonchev–Trinajstić information content (AvgIpc) is 3.36. The van der Waals surface area contributed by atoms with E-state index in [-0.39, 0.29) is 29.4 Å². The van der Waals surface area contributed by atoms with Crippen LogP contribution < -0.4 is 15.4 Å². The fraction of sp³-hybridized carbons (Fsp3) is 0.346. The highest BCUT2D eigenvalue weighted by Gasteiger charge is 2.46. The smallest absolute Gasteiger partial charge is 0.422 e. The van der Waals surface area contributed by atoms with Crippen LogP contribution in [-0.2, 0) is 33.1 Å². The Morgan fingerprint density at radius 1 is 1.23 bits per heavy atom. The normalized spacial score (nSPS) is 18.3. The highest BCUT2D eigenvalue weighted by molar-refractivity contribution is 7.91. The van der Waals surface area contributed by atoms with Gasteiger partial charge in [0.25, 0.3) is 5.91 Å². The molecule has 212 valence electrons. The van der Waals surface area contributed by atoms with Crippen LogP contribution in [0, 0.1) is 12.7 Å². The fourth-order valence-corrected chi connectivity index (χ4v) is 5.73. The van der Waals surface area contributed by atoms with Crippen LogP contribution in [0.1, 0.15) is 33.6 Å². The molecule has 1 atom stereocenters. The molecule has 2 aromatic carbocycles. The topological polar surface area (TPSA) is 119 Å². The molecule has 1 aliphatic carbocycles. The third-order valence-electron chi connectivity index (χ3n) is 6.84. The van der Waals surface area contributed by atoms with E-state index in [0.29, 0.717) is 35.1 Å². The van der Waals surface area contributed by atoms with E-state index < -0.39 is 51.5 Å². The van der Waals surface area contributed by atoms with E-state index in [1.807, 2.05) is 0 Å². The summed E-state index contributed by atoms with van der Waals surface area (Å²) in [6.45, 7) is 0.239. The number of carbonyl (C=O) groups is 2. The van der Waals surface area contributed by atoms with Gasteiger partial charge in [-0.3, -0.25) is 14.3 Å². The molecule has 3 aromatic rings. The molecule has 2 heterocycles. The zero-order chi connectivity index (χ0) is 29.0. The first-order valence-electron chi connectivity index (χ1n) is 12.1. The number of hydrogen-bond acceptors (Lipinski definition) is 6. The van der Waals surface area contributed by atoms with Crippen LogP contribution in [-0.4, -0.2) is 54.8 Å². The van der Waals surface area contributed by atoms with Gasteiger partial charge in [0, 0.05) is 11.8 Å². The average molecular weight is 581 g/mol. The maximum absolute atomic E-state index is 14.0. The second-order valence-electron chi connectivity index (χ2n) is 10.1. The van der Waals surface area contributed by atoms with E-state index in [1.165, 1.54) is 35.0 Å². The summed E-state index contributed by atoms with van der Waals surface area (Å²) in [5.74, 6) is -2.70. The van der Waals surface area contributed by atoms with Crippen molar-refractivity contribution in [2.45, 2.75) is 38.0 Å². The number of ether oxygens (including phenoxy) is 1. The molecule has 1 aliphatic heterocycles. The van der Waals surface area contributed by atoms with Gasteiger partial charge < -0.3 is 15.4 Å². The van der Waals surface area contributed by atoms with Crippen molar-refractivity contribution >= 4 is 27.3 Å². The quantitative estimate of drug-likeness (QED) is 0.431. The Labute approximate surface area is 226 Å². The van der Waals surface area contributed by atoms with Gasteiger partial charge in [-0.05, 0) is 66.8 Å². The second-order valence-corrected chi connectivity index (χ2v) is 12.2. The molecule has 2 aliphatic rings. The lowest BCUT2D eigenvalue weighted by Gasteiger charge is -2.36. The molecule has 5 rings (SSSR count). The zero-order valence-corrected chi connectivity index (χ0v) is 22.2. The first-order valence-corrected chi connectivity index (χ1v) is 14.2. The van der Waals surface area contributed by atoms with Gasteiger partial charge in [0.15, 0.2) is 22.1 Å². The van der Waals surface area contributed by atoms with Crippen LogP contribution in [0.4, 0.5) is 23.2 Å². The van der Waals surface area contributed by atoms with E-state index in [1.54, 1.807) is 13.0 Å². The van der Waals surface area contributed by atoms with Crippen molar-refractivity contribution in [3.8, 4) is 17.0 Å². The minimum absolute atomic E-state index is 0.0111. The van der Waals surface area contributed by atoms with Gasteiger partial charge in [-0.2, -0.15) is 18.3 Å². The first kappa shape index (κ1) is 27.6. The number of benzene rings is 2. The summed E-state index contributed by atoms with van der Waals surface area (Å²) < 4.78 is 81.4. The van der Waals surface area contributed by atoms with Crippen molar-refractivity contribution in [1.29, 1.82) is 0 Å². The van der Waals surface area contributed by atoms with Crippen LogP contribution in [0.2, 0.25) is 0 Å². The van der Waals surface area contributed by atoms with E-state index in [2.05, 4.69) is 15.7 Å². The molecule has 0 unspecified atom stereocenters. The number of fused-ring (bicyclic) bond motifs is 3. The molecular weight excluding hydrogens is 556 g/mol. The molecule has 0 saturated carbocycles. The molecule has 1 aromatic heterocycles. The lowest BCUT2D eigenvalue weighted by atomic mass is 9.89. The van der Waals surface area contributed by atoms with Crippen molar-refractivity contribution < 1.29 is 40.3 Å². The number of halogens is 4. The van der Waals surface area contributed by atoms with E-state index in [0.717, 1.165) is 6.26 Å². The summed E-state index contributed by atoms with van der Waals surface area (Å²) in [7, 11) is -3.68. The third kappa shape index (κ3) is 5.40. The maximum Gasteiger partial charge on any atom is 0.422 e. The van der Waals surface area contributed by atoms with Gasteiger partial charge in [0.1, 0.15) is 28.7 Å². The summed E-state index contributed by atoms with van der Waals surface area (Å²) in [4.78, 5) is 26.1. The Morgan fingerprint density at radius 3 is 2.65 bits per heavy atom. The minimum Gasteiger partial charge on any atom is -0.484 e. The molecule has 14 heteroatoms. The Morgan fingerprint density at radius 2 is 1.98 bits per heavy atom. The van der Waals surface area contributed by atoms with E-state index in [9.17, 15) is 35.6 Å². The predicted molar refractivity (Wildman–Crippen MR) is 136 cm³/mol. The number of amides is 2. The zero-order valence-electron chi connectivity index (χ0n) is 21.4. The van der Waals surface area contributed by atoms with Crippen LogP contribution in [0.3, 0.4) is 0 Å². The molecule has 9 nitrogen and oxygen atoms in total. The van der Waals surface area contributed by atoms with Crippen LogP contribution in [0.5, 0.6) is 5.75 Å². The first-order chi connectivity index (χ1) is 18.6. The summed E-state index contributed by atoms with van der Waals surface area (Å²) in [5.41, 5.74) is 1.31. The number of anilines is 1. The Balaban J connectivity index is 1.54. The summed E-state index contributed by atoms with van der Waals surface area (Å²) in [5, 5.41) is 10.1. The van der Waals surface area contributed by atoms with Gasteiger partial charge in [-0.15, -0.1) is 0 Å². The monoisotopic (exact) mass is 580 g/mol. The third-order valence-corrected chi connectivity index (χ3v) is 7.63. The van der Waals surface area contributed by atoms with Gasteiger partial charge in [0.2, 0.25) is 5.91 Å². The summed E-state index contributed by atoms with van der Waals surface area (Å²) in [6, 6.07) is 8.69. The lowest BCUT2D eigenvalue weighted by molar-refractivity contribution is -0.153. The Bertz CT molecular complexity index is 1650. The highest BCUT2D eigenvalue weighted by atomic mass is 32.2. The van der Waals surface area contributed by atoms with Crippen molar-refractivity contribution in [3.63, 3.8) is 0 Å². The largest absolute Gasteiger partial charge is 0.484 e. The van der Waals surface area contributed by atoms with Crippen molar-refractivity contribution in [1.82, 2.24) is 15.1 Å². The summed E-state index contributed by atoms with van der Waals surface area (Å²) >= 11 is 0. The number of alkyl halides is 3. The van der Waals surface area contributed by atoms with Gasteiger partial charge in [0.05, 0.1) is 12.1 Å². The van der Waals surface area contributed by atoms with Gasteiger partial charge >= 0.3 is 6.18 Å². The minimum atomic E-state index is -4.48. The predicted octanol–water partition coefficient (Wildman–Crippen LogP) is 3.51. The number of hydrogen-bond donors (Lipinski definition) is 2. The van der Waals surface area contributed by atoms with E-state index >= 15 is 0 Å². The molecule has 0 fully saturated rings. The molecule has 2 N–H and O–H groups in total. The number of aryl methyl sites for hydroxylation is 2. The van der Waals surface area contributed by atoms with Crippen molar-refractivity contribution in [2.75, 3.05) is 23.9 Å². The van der Waals surface area contributed by atoms with Crippen LogP contribution in [0.25, 0.3) is 11.3 Å². The Hall–Kier alpha value is -3.94. The second kappa shape index (κ2) is 9.61. The summed E-state index contributed by atoms with van der Waals surface area (Å²) in [6.07, 6.45) is -2.70. The standard InChI is InChI=1S/C26H24F4N4O5S/c1-14-9-16(3-6-19(14)27)21-22(31-20(35)11-40(2,37)38)23-24(36)32-25(12-34(23)33-21)8-7-15-10-17(4-5-18(15)25)39-13-26(28,29)30/h3-6,9-10H,7-8,11-13H2,1-2H3,(H,31,35)(H,32,36)/t25-/m0/s1. The highest BCUT2D eigenvalue weighted by Crippen LogP contribution is 2.44. The van der Waals surface area contributed by atoms with Gasteiger partial charge in [-0.25, -0.2) is 12.8 Å². The number of sulfone groups is 1. The molecular formula is C26H24F4N4O5S. The molecule has 40 heavy (non-hydrogen) atoms. The lowest BCUT2D eigenvalue weighted by Crippen LogP contribution is -2.52. The van der Waals surface area contributed by atoms with Crippen LogP contribution >= 0.6 is 0 Å². The number of nitrogens with one attached hydrogen (secondary N) is 2. The van der Waals surface area contributed by atoms with Crippen molar-refractivity contribution in [3.05, 3.63) is 64.6 Å². The van der Waals surface area contributed by atoms with Crippen LogP contribution in [0.15, 0.2) is 36.4 Å². The maximum atomic E-state index is 14.0. The number of carbonyl (C=O) groups excluding carboxylic acids is 2. The molecule has 1 spiro atoms.